The highest BCUT2D eigenvalue weighted by molar-refractivity contribution is 7.98. The molecular weight excluding hydrogens is 258 g/mol. The molecule has 2 N–H and O–H groups in total. The Balaban J connectivity index is 1.74. The van der Waals surface area contributed by atoms with Crippen LogP contribution < -0.4 is 5.32 Å². The van der Waals surface area contributed by atoms with E-state index in [-0.39, 0.29) is 5.91 Å². The Hall–Kier alpha value is -1.49. The lowest BCUT2D eigenvalue weighted by molar-refractivity contribution is -0.121. The zero-order valence-corrected chi connectivity index (χ0v) is 11.9. The number of aromatic amines is 1. The van der Waals surface area contributed by atoms with E-state index >= 15 is 0 Å². The summed E-state index contributed by atoms with van der Waals surface area (Å²) in [5.41, 5.74) is 2.02. The van der Waals surface area contributed by atoms with Crippen molar-refractivity contribution in [1.82, 2.24) is 15.3 Å². The van der Waals surface area contributed by atoms with Crippen LogP contribution in [0.3, 0.4) is 0 Å². The Morgan fingerprint density at radius 1 is 1.42 bits per heavy atom. The van der Waals surface area contributed by atoms with E-state index in [0.29, 0.717) is 13.0 Å². The van der Waals surface area contributed by atoms with Gasteiger partial charge in [0, 0.05) is 19.4 Å². The molecule has 5 heteroatoms. The Morgan fingerprint density at radius 3 is 3.05 bits per heavy atom. The summed E-state index contributed by atoms with van der Waals surface area (Å²) < 4.78 is 0. The van der Waals surface area contributed by atoms with Gasteiger partial charge < -0.3 is 10.3 Å². The number of benzene rings is 1. The number of nitrogens with one attached hydrogen (secondary N) is 2. The van der Waals surface area contributed by atoms with Gasteiger partial charge >= 0.3 is 0 Å². The van der Waals surface area contributed by atoms with E-state index in [9.17, 15) is 4.79 Å². The molecule has 4 nitrogen and oxygen atoms in total. The first-order valence-electron chi connectivity index (χ1n) is 6.49. The Morgan fingerprint density at radius 2 is 2.26 bits per heavy atom. The molecule has 2 rings (SSSR count). The van der Waals surface area contributed by atoms with Gasteiger partial charge in [0.05, 0.1) is 11.0 Å². The molecule has 0 saturated heterocycles. The van der Waals surface area contributed by atoms with Crippen LogP contribution in [0.2, 0.25) is 0 Å². The molecule has 0 spiro atoms. The maximum atomic E-state index is 11.5. The monoisotopic (exact) mass is 277 g/mol. The van der Waals surface area contributed by atoms with Gasteiger partial charge in [0.15, 0.2) is 0 Å². The summed E-state index contributed by atoms with van der Waals surface area (Å²) >= 11 is 1.77. The van der Waals surface area contributed by atoms with E-state index in [1.807, 2.05) is 24.3 Å². The van der Waals surface area contributed by atoms with Crippen molar-refractivity contribution in [2.24, 2.45) is 0 Å². The van der Waals surface area contributed by atoms with Gasteiger partial charge in [0.1, 0.15) is 5.82 Å². The number of para-hydroxylation sites is 2. The molecule has 0 aliphatic heterocycles. The minimum absolute atomic E-state index is 0.130. The predicted molar refractivity (Wildman–Crippen MR) is 80.4 cm³/mol. The summed E-state index contributed by atoms with van der Waals surface area (Å²) in [6, 6.07) is 7.95. The quantitative estimate of drug-likeness (QED) is 0.764. The number of thioether (sulfide) groups is 1. The van der Waals surface area contributed by atoms with Crippen molar-refractivity contribution in [3.8, 4) is 0 Å². The molecule has 102 valence electrons. The second kappa shape index (κ2) is 7.19. The van der Waals surface area contributed by atoms with E-state index < -0.39 is 0 Å². The second-order valence-corrected chi connectivity index (χ2v) is 5.38. The van der Waals surface area contributed by atoms with Crippen molar-refractivity contribution < 1.29 is 4.79 Å². The van der Waals surface area contributed by atoms with Crippen LogP contribution in [0, 0.1) is 0 Å². The van der Waals surface area contributed by atoms with E-state index in [4.69, 9.17) is 0 Å². The highest BCUT2D eigenvalue weighted by Gasteiger charge is 2.03. The van der Waals surface area contributed by atoms with Crippen LogP contribution in [0.15, 0.2) is 24.3 Å². The van der Waals surface area contributed by atoms with Gasteiger partial charge in [0.25, 0.3) is 0 Å². The molecule has 0 unspecified atom stereocenters. The van der Waals surface area contributed by atoms with Crippen molar-refractivity contribution in [3.05, 3.63) is 30.1 Å². The van der Waals surface area contributed by atoms with Gasteiger partial charge in [-0.05, 0) is 30.6 Å². The molecule has 2 aromatic rings. The molecule has 0 radical (unpaired) electrons. The van der Waals surface area contributed by atoms with Crippen LogP contribution in [-0.4, -0.2) is 34.4 Å². The molecule has 0 aliphatic rings. The molecule has 0 bridgehead atoms. The smallest absolute Gasteiger partial charge is 0.220 e. The molecule has 0 saturated carbocycles. The Kier molecular flexibility index (Phi) is 5.27. The van der Waals surface area contributed by atoms with E-state index in [2.05, 4.69) is 21.5 Å². The van der Waals surface area contributed by atoms with Crippen LogP contribution in [0.5, 0.6) is 0 Å². The topological polar surface area (TPSA) is 57.8 Å². The van der Waals surface area contributed by atoms with E-state index in [1.54, 1.807) is 11.8 Å². The SMILES string of the molecule is CSCCCC(=O)NCCc1nc2ccccc2[nH]1. The first-order valence-corrected chi connectivity index (χ1v) is 7.88. The molecule has 0 aliphatic carbocycles. The third-order valence-corrected chi connectivity index (χ3v) is 3.57. The number of carbonyl (C=O) groups is 1. The number of aromatic nitrogens is 2. The van der Waals surface area contributed by atoms with Crippen LogP contribution in [0.25, 0.3) is 11.0 Å². The standard InChI is InChI=1S/C14H19N3OS/c1-19-10-4-7-14(18)15-9-8-13-16-11-5-2-3-6-12(11)17-13/h2-3,5-6H,4,7-10H2,1H3,(H,15,18)(H,16,17). The molecule has 0 fully saturated rings. The van der Waals surface area contributed by atoms with Gasteiger partial charge in [-0.25, -0.2) is 4.98 Å². The normalized spacial score (nSPS) is 10.8. The second-order valence-electron chi connectivity index (χ2n) is 4.40. The van der Waals surface area contributed by atoms with Gasteiger partial charge in [-0.3, -0.25) is 4.79 Å². The number of amides is 1. The molecule has 1 aromatic carbocycles. The summed E-state index contributed by atoms with van der Waals surface area (Å²) in [5, 5.41) is 2.93. The number of hydrogen-bond acceptors (Lipinski definition) is 3. The summed E-state index contributed by atoms with van der Waals surface area (Å²) in [7, 11) is 0. The summed E-state index contributed by atoms with van der Waals surface area (Å²) in [5.74, 6) is 2.09. The third kappa shape index (κ3) is 4.28. The Labute approximate surface area is 117 Å². The largest absolute Gasteiger partial charge is 0.356 e. The maximum Gasteiger partial charge on any atom is 0.220 e. The van der Waals surface area contributed by atoms with Crippen molar-refractivity contribution in [1.29, 1.82) is 0 Å². The highest BCUT2D eigenvalue weighted by atomic mass is 32.2. The van der Waals surface area contributed by atoms with Gasteiger partial charge in [-0.1, -0.05) is 12.1 Å². The predicted octanol–water partition coefficient (Wildman–Crippen LogP) is 2.36. The average molecular weight is 277 g/mol. The number of H-pyrrole nitrogens is 1. The third-order valence-electron chi connectivity index (χ3n) is 2.87. The number of nitrogens with zero attached hydrogens (tertiary/aromatic N) is 1. The fraction of sp³-hybridized carbons (Fsp3) is 0.429. The number of carbonyl (C=O) groups excluding carboxylic acids is 1. The number of rotatable bonds is 7. The average Bonchev–Trinajstić information content (AvgIpc) is 2.81. The van der Waals surface area contributed by atoms with Crippen molar-refractivity contribution in [2.45, 2.75) is 19.3 Å². The Bertz CT molecular complexity index is 505. The van der Waals surface area contributed by atoms with Crippen molar-refractivity contribution in [2.75, 3.05) is 18.6 Å². The first-order chi connectivity index (χ1) is 9.29. The van der Waals surface area contributed by atoms with Crippen LogP contribution in [0.1, 0.15) is 18.7 Å². The van der Waals surface area contributed by atoms with Gasteiger partial charge in [-0.2, -0.15) is 11.8 Å². The minimum atomic E-state index is 0.130. The fourth-order valence-corrected chi connectivity index (χ4v) is 2.34. The lowest BCUT2D eigenvalue weighted by Gasteiger charge is -2.03. The molecule has 1 aromatic heterocycles. The zero-order chi connectivity index (χ0) is 13.5. The maximum absolute atomic E-state index is 11.5. The molecule has 0 atom stereocenters. The molecular formula is C14H19N3OS. The molecule has 19 heavy (non-hydrogen) atoms. The molecule has 1 heterocycles. The van der Waals surface area contributed by atoms with Crippen LogP contribution in [-0.2, 0) is 11.2 Å². The minimum Gasteiger partial charge on any atom is -0.356 e. The number of hydrogen-bond donors (Lipinski definition) is 2. The molecule has 1 amide bonds. The lowest BCUT2D eigenvalue weighted by Crippen LogP contribution is -2.25. The highest BCUT2D eigenvalue weighted by Crippen LogP contribution is 2.10. The van der Waals surface area contributed by atoms with Crippen molar-refractivity contribution >= 4 is 28.7 Å². The van der Waals surface area contributed by atoms with Crippen LogP contribution >= 0.6 is 11.8 Å². The lowest BCUT2D eigenvalue weighted by atomic mass is 10.3. The van der Waals surface area contributed by atoms with Gasteiger partial charge in [0.2, 0.25) is 5.91 Å². The first kappa shape index (κ1) is 13.9. The summed E-state index contributed by atoms with van der Waals surface area (Å²) in [6.45, 7) is 0.637. The summed E-state index contributed by atoms with van der Waals surface area (Å²) in [4.78, 5) is 19.3. The zero-order valence-electron chi connectivity index (χ0n) is 11.1. The van der Waals surface area contributed by atoms with Gasteiger partial charge in [-0.15, -0.1) is 0 Å². The van der Waals surface area contributed by atoms with E-state index in [1.165, 1.54) is 0 Å². The summed E-state index contributed by atoms with van der Waals surface area (Å²) in [6.07, 6.45) is 4.35. The van der Waals surface area contributed by atoms with Crippen LogP contribution in [0.4, 0.5) is 0 Å². The van der Waals surface area contributed by atoms with E-state index in [0.717, 1.165) is 35.5 Å². The number of imidazole rings is 1. The number of fused-ring (bicyclic) bond motifs is 1. The van der Waals surface area contributed by atoms with Crippen molar-refractivity contribution in [3.63, 3.8) is 0 Å². The fourth-order valence-electron chi connectivity index (χ4n) is 1.91.